The quantitative estimate of drug-likeness (QED) is 0.0940. The maximum atomic E-state index is 15.5. The molecule has 0 saturated carbocycles. The number of alkyl halides is 3. The Morgan fingerprint density at radius 3 is 2.32 bits per heavy atom. The van der Waals surface area contributed by atoms with E-state index in [1.54, 1.807) is 0 Å². The van der Waals surface area contributed by atoms with Crippen LogP contribution in [0.1, 0.15) is 61.1 Å². The summed E-state index contributed by atoms with van der Waals surface area (Å²) in [5.41, 5.74) is -11.7. The summed E-state index contributed by atoms with van der Waals surface area (Å²) < 4.78 is 240. The molecule has 1 fully saturated rings. The van der Waals surface area contributed by atoms with Crippen LogP contribution < -0.4 is 5.43 Å². The summed E-state index contributed by atoms with van der Waals surface area (Å²) >= 11 is -0.255. The van der Waals surface area contributed by atoms with Gasteiger partial charge in [-0.15, -0.1) is 11.8 Å². The molecule has 6 rings (SSSR count). The lowest BCUT2D eigenvalue weighted by atomic mass is 10.00. The van der Waals surface area contributed by atoms with Crippen LogP contribution in [0.5, 0.6) is 0 Å². The second-order valence-electron chi connectivity index (χ2n) is 11.6. The van der Waals surface area contributed by atoms with Crippen molar-refractivity contribution in [2.75, 3.05) is 33.3 Å². The number of amides is 1. The zero-order chi connectivity index (χ0) is 54.3. The largest absolute Gasteiger partial charge is 0.416 e. The van der Waals surface area contributed by atoms with Crippen molar-refractivity contribution >= 4 is 28.6 Å². The second-order valence-corrected chi connectivity index (χ2v) is 12.4. The molecular weight excluding hydrogens is 710 g/mol. The summed E-state index contributed by atoms with van der Waals surface area (Å²) in [6, 6.07) is -18.3. The highest BCUT2D eigenvalue weighted by molar-refractivity contribution is 7.98. The molecular formula is C41H40F5N3O3S. The van der Waals surface area contributed by atoms with Gasteiger partial charge in [0.2, 0.25) is 5.91 Å². The third kappa shape index (κ3) is 9.17. The second kappa shape index (κ2) is 16.7. The molecule has 53 heavy (non-hydrogen) atoms. The van der Waals surface area contributed by atoms with Crippen molar-refractivity contribution in [3.63, 3.8) is 0 Å². The van der Waals surface area contributed by atoms with Crippen LogP contribution in [0.4, 0.5) is 22.0 Å². The average Bonchev–Trinajstić information content (AvgIpc) is 3.30. The lowest BCUT2D eigenvalue weighted by molar-refractivity contribution is -0.137. The minimum absolute atomic E-state index is 0.0949. The van der Waals surface area contributed by atoms with Crippen LogP contribution in [0, 0.1) is 18.6 Å². The number of fused-ring (bicyclic) bond motifs is 1. The number of benzene rings is 4. The normalized spacial score (nSPS) is 19.8. The number of nitrogens with zero attached hydrogens (tertiary/aromatic N) is 3. The molecule has 1 aliphatic rings. The monoisotopic (exact) mass is 768 g/mol. The van der Waals surface area contributed by atoms with Crippen molar-refractivity contribution < 1.29 is 57.5 Å². The number of carbonyl (C=O) groups is 1. The van der Waals surface area contributed by atoms with Gasteiger partial charge in [0.1, 0.15) is 6.54 Å². The molecule has 0 bridgehead atoms. The Balaban J connectivity index is 1.58. The number of ether oxygens (including phenoxy) is 1. The number of halogens is 5. The minimum Gasteiger partial charge on any atom is -0.383 e. The van der Waals surface area contributed by atoms with Crippen LogP contribution in [0.2, 0.25) is 0 Å². The topological polar surface area (TPSA) is 54.8 Å². The molecule has 4 aromatic carbocycles. The first kappa shape index (κ1) is 20.8. The third-order valence-electron chi connectivity index (χ3n) is 8.02. The number of thioether (sulfide) groups is 1. The molecule has 1 amide bonds. The first-order chi connectivity index (χ1) is 33.2. The van der Waals surface area contributed by atoms with Crippen molar-refractivity contribution in [2.45, 2.75) is 55.8 Å². The van der Waals surface area contributed by atoms with Gasteiger partial charge in [0.05, 0.1) is 43.3 Å². The lowest BCUT2D eigenvalue weighted by Gasteiger charge is -2.39. The first-order valence-electron chi connectivity index (χ1n) is 25.3. The third-order valence-corrected chi connectivity index (χ3v) is 8.84. The van der Waals surface area contributed by atoms with Crippen LogP contribution in [-0.2, 0) is 34.5 Å². The zero-order valence-corrected chi connectivity index (χ0v) is 28.7. The van der Waals surface area contributed by atoms with Crippen LogP contribution in [-0.4, -0.2) is 59.6 Å². The van der Waals surface area contributed by atoms with Crippen LogP contribution in [0.25, 0.3) is 22.0 Å². The van der Waals surface area contributed by atoms with Gasteiger partial charge in [0, 0.05) is 67.5 Å². The minimum atomic E-state index is -5.37. The van der Waals surface area contributed by atoms with Crippen molar-refractivity contribution in [3.05, 3.63) is 135 Å². The van der Waals surface area contributed by atoms with E-state index in [2.05, 4.69) is 0 Å². The van der Waals surface area contributed by atoms with Gasteiger partial charge in [0.25, 0.3) is 0 Å². The maximum Gasteiger partial charge on any atom is 0.416 e. The molecule has 2 heterocycles. The Morgan fingerprint density at radius 2 is 1.66 bits per heavy atom. The molecule has 0 unspecified atom stereocenters. The average molecular weight is 769 g/mol. The van der Waals surface area contributed by atoms with E-state index in [1.807, 2.05) is 0 Å². The highest BCUT2D eigenvalue weighted by atomic mass is 32.2. The molecule has 0 radical (unpaired) electrons. The Hall–Kier alpha value is -4.52. The van der Waals surface area contributed by atoms with Crippen molar-refractivity contribution in [2.24, 2.45) is 0 Å². The Bertz CT molecular complexity index is 3070. The van der Waals surface area contributed by atoms with Crippen molar-refractivity contribution in [1.82, 2.24) is 14.4 Å². The van der Waals surface area contributed by atoms with Crippen LogP contribution in [0.3, 0.4) is 0 Å². The molecule has 6 nitrogen and oxygen atoms in total. The number of carbonyl (C=O) groups excluding carboxylic acids is 1. The van der Waals surface area contributed by atoms with Gasteiger partial charge in [-0.1, -0.05) is 59.9 Å². The lowest BCUT2D eigenvalue weighted by Crippen LogP contribution is -2.48. The molecule has 0 spiro atoms. The highest BCUT2D eigenvalue weighted by Crippen LogP contribution is 2.32. The Kier molecular flexibility index (Phi) is 6.54. The van der Waals surface area contributed by atoms with Gasteiger partial charge in [-0.25, -0.2) is 8.78 Å². The van der Waals surface area contributed by atoms with Crippen molar-refractivity contribution in [1.29, 1.82) is 0 Å². The van der Waals surface area contributed by atoms with E-state index in [9.17, 15) is 22.4 Å². The summed E-state index contributed by atoms with van der Waals surface area (Å²) in [6.07, 6.45) is -5.57. The predicted molar refractivity (Wildman–Crippen MR) is 198 cm³/mol. The van der Waals surface area contributed by atoms with E-state index in [-0.39, 0.29) is 49.9 Å². The summed E-state index contributed by atoms with van der Waals surface area (Å²) in [5, 5.41) is -1.63. The fraction of sp³-hybridized carbons (Fsp3) is 0.317. The van der Waals surface area contributed by atoms with E-state index in [0.29, 0.717) is 4.57 Å². The molecule has 278 valence electrons. The van der Waals surface area contributed by atoms with Crippen LogP contribution >= 0.6 is 11.8 Å². The zero-order valence-electron chi connectivity index (χ0n) is 46.9. The standard InChI is InChI=1S/C41H40F5N3O3S/c1-27-6-15-36-34(22-27)37(50)23-39(53-26-31-4-3-5-35(42)40(31)43)49(36)25-38(51)48(33-16-18-47(19-17-33)20-21-52-2)24-28-7-9-29(10-8-28)30-11-13-32(14-12-30)41(44,45)46/h3-15,22-23,33H,16-21,24-26H2,1-2H3/i3D,4D,5D,6D,7D,8D,9D,10D,11D,12D,13D,14D,15D,20D2,22D,23D,26D2. The number of piperidine rings is 1. The van der Waals surface area contributed by atoms with E-state index in [1.165, 1.54) is 18.9 Å². The van der Waals surface area contributed by atoms with Gasteiger partial charge in [-0.3, -0.25) is 9.59 Å². The molecule has 0 atom stereocenters. The molecule has 0 N–H and O–H groups in total. The summed E-state index contributed by atoms with van der Waals surface area (Å²) in [7, 11) is 1.26. The summed E-state index contributed by atoms with van der Waals surface area (Å²) in [6.45, 7) is -3.52. The number of pyridine rings is 1. The van der Waals surface area contributed by atoms with Crippen LogP contribution in [0.15, 0.2) is 100 Å². The van der Waals surface area contributed by atoms with E-state index in [4.69, 9.17) is 30.8 Å². The molecule has 1 saturated heterocycles. The Morgan fingerprint density at radius 1 is 0.981 bits per heavy atom. The van der Waals surface area contributed by atoms with Gasteiger partial charge >= 0.3 is 6.18 Å². The first-order valence-corrected chi connectivity index (χ1v) is 16.6. The SMILES string of the molecule is [2H]c1c([2H])c(F)c(F)c(C([2H])([2H])Sc2c([2H])c(=O)c3c([2H])c(C)c([2H])c([2H])c3n2CC(=O)N(Cc2c([2H])c([2H])c(-c3c([2H])c([2H])c(C(F)(F)F)c([2H])c3[2H])c([2H])c2[2H])C2CCN(C([2H])([2H])COC)CC2)c1[2H]. The predicted octanol–water partition coefficient (Wildman–Crippen LogP) is 8.71. The molecule has 0 aliphatic carbocycles. The number of hydrogen-bond acceptors (Lipinski definition) is 5. The number of rotatable bonds is 12. The van der Waals surface area contributed by atoms with E-state index < -0.39 is 195 Å². The van der Waals surface area contributed by atoms with Gasteiger partial charge in [-0.05, 0) is 66.7 Å². The smallest absolute Gasteiger partial charge is 0.383 e. The molecule has 5 aromatic rings. The highest BCUT2D eigenvalue weighted by Gasteiger charge is 2.31. The number of methoxy groups -OCH3 is 1. The van der Waals surface area contributed by atoms with Gasteiger partial charge < -0.3 is 19.1 Å². The number of hydrogen-bond donors (Lipinski definition) is 0. The number of aromatic nitrogens is 1. The van der Waals surface area contributed by atoms with Gasteiger partial charge in [0.15, 0.2) is 17.1 Å². The van der Waals surface area contributed by atoms with E-state index in [0.717, 1.165) is 4.90 Å². The fourth-order valence-electron chi connectivity index (χ4n) is 5.39. The molecule has 1 aliphatic heterocycles. The Labute approximate surface area is 335 Å². The van der Waals surface area contributed by atoms with Crippen molar-refractivity contribution in [3.8, 4) is 11.1 Å². The van der Waals surface area contributed by atoms with Gasteiger partial charge in [-0.2, -0.15) is 13.2 Å². The number of likely N-dealkylation sites (tertiary alicyclic amines) is 1. The summed E-state index contributed by atoms with van der Waals surface area (Å²) in [5.74, 6) is -5.24. The molecule has 1 aromatic heterocycles. The maximum absolute atomic E-state index is 15.5. The molecule has 12 heteroatoms. The fourth-order valence-corrected chi connectivity index (χ4v) is 6.14. The summed E-state index contributed by atoms with van der Waals surface area (Å²) in [4.78, 5) is 31.5. The van der Waals surface area contributed by atoms with E-state index >= 15 is 9.18 Å².